The number of anilines is 1. The molecule has 1 aliphatic rings. The van der Waals surface area contributed by atoms with Crippen molar-refractivity contribution in [3.63, 3.8) is 0 Å². The van der Waals surface area contributed by atoms with Crippen molar-refractivity contribution < 1.29 is 13.0 Å². The fourth-order valence-electron chi connectivity index (χ4n) is 3.65. The molecule has 1 aromatic carbocycles. The van der Waals surface area contributed by atoms with Gasteiger partial charge in [-0.25, -0.2) is 9.78 Å². The molecule has 7 nitrogen and oxygen atoms in total. The number of nitrogens with one attached hydrogen (secondary N) is 1. The molecule has 1 aliphatic heterocycles. The summed E-state index contributed by atoms with van der Waals surface area (Å²) in [6.45, 7) is -2.65. The first kappa shape index (κ1) is 16.0. The Bertz CT molecular complexity index is 1460. The second-order valence-corrected chi connectivity index (χ2v) is 9.10. The molecule has 166 valence electrons. The summed E-state index contributed by atoms with van der Waals surface area (Å²) in [5.41, 5.74) is 0.277. The lowest BCUT2D eigenvalue weighted by Crippen LogP contribution is -2.43. The van der Waals surface area contributed by atoms with Crippen LogP contribution in [-0.4, -0.2) is 34.0 Å². The van der Waals surface area contributed by atoms with Gasteiger partial charge in [-0.15, -0.1) is 0 Å². The summed E-state index contributed by atoms with van der Waals surface area (Å²) in [7, 11) is 0. The molecule has 0 unspecified atom stereocenters. The van der Waals surface area contributed by atoms with Gasteiger partial charge in [-0.2, -0.15) is 10.5 Å². The average molecular weight is 463 g/mol. The zero-order valence-electron chi connectivity index (χ0n) is 23.8. The number of hydrogen-bond acceptors (Lipinski definition) is 6. The highest BCUT2D eigenvalue weighted by Crippen LogP contribution is 2.40. The number of carbonyl (C=O) groups excluding carboxylic acids is 1. The van der Waals surface area contributed by atoms with Crippen LogP contribution in [0, 0.1) is 41.8 Å². The molecule has 1 saturated heterocycles. The number of thiazole rings is 1. The molecule has 2 aromatic heterocycles. The number of nitriles is 2. The van der Waals surface area contributed by atoms with Gasteiger partial charge in [0.15, 0.2) is 5.13 Å². The van der Waals surface area contributed by atoms with Gasteiger partial charge in [-0.3, -0.25) is 10.3 Å². The number of pyridine rings is 1. The number of nitrogens with zero attached hydrogens (tertiary/aromatic N) is 5. The molecule has 8 heteroatoms. The minimum atomic E-state index is -2.66. The van der Waals surface area contributed by atoms with Crippen molar-refractivity contribution in [2.45, 2.75) is 33.5 Å². The van der Waals surface area contributed by atoms with E-state index >= 15 is 0 Å². The first-order valence-electron chi connectivity index (χ1n) is 13.2. The maximum absolute atomic E-state index is 13.0. The third-order valence-corrected chi connectivity index (χ3v) is 6.64. The largest absolute Gasteiger partial charge is 0.324 e. The third kappa shape index (κ3) is 4.87. The number of likely N-dealkylation sites (tertiary alicyclic amines) is 1. The number of hydrogen-bond donors (Lipinski definition) is 1. The first-order valence-corrected chi connectivity index (χ1v) is 11.1. The summed E-state index contributed by atoms with van der Waals surface area (Å²) < 4.78 is 46.9. The second-order valence-electron chi connectivity index (χ2n) is 8.11. The number of aromatic nitrogens is 2. The van der Waals surface area contributed by atoms with Crippen molar-refractivity contribution >= 4 is 22.5 Å². The van der Waals surface area contributed by atoms with E-state index in [4.69, 9.17) is 8.22 Å². The van der Waals surface area contributed by atoms with Crippen LogP contribution in [0.5, 0.6) is 0 Å². The predicted molar refractivity (Wildman–Crippen MR) is 129 cm³/mol. The number of aryl methyl sites for hydroxylation is 2. The maximum Gasteiger partial charge on any atom is 0.323 e. The van der Waals surface area contributed by atoms with Crippen LogP contribution in [0.25, 0.3) is 21.7 Å². The van der Waals surface area contributed by atoms with Crippen LogP contribution < -0.4 is 5.32 Å². The molecule has 2 amide bonds. The number of piperidine rings is 1. The molecule has 33 heavy (non-hydrogen) atoms. The van der Waals surface area contributed by atoms with E-state index in [9.17, 15) is 15.3 Å². The zero-order chi connectivity index (χ0) is 28.6. The Morgan fingerprint density at radius 2 is 1.88 bits per heavy atom. The third-order valence-electron chi connectivity index (χ3n) is 5.62. The Hall–Kier alpha value is -3.75. The van der Waals surface area contributed by atoms with Crippen molar-refractivity contribution in [2.75, 3.05) is 18.4 Å². The Labute approximate surface area is 205 Å². The molecular weight excluding hydrogens is 432 g/mol. The van der Waals surface area contributed by atoms with Crippen LogP contribution in [0.15, 0.2) is 36.4 Å². The van der Waals surface area contributed by atoms with Gasteiger partial charge in [0.25, 0.3) is 0 Å². The van der Waals surface area contributed by atoms with Crippen molar-refractivity contribution in [1.29, 1.82) is 10.5 Å². The van der Waals surface area contributed by atoms with E-state index in [0.717, 1.165) is 11.3 Å². The summed E-state index contributed by atoms with van der Waals surface area (Å²) in [4.78, 5) is 23.5. The highest BCUT2D eigenvalue weighted by molar-refractivity contribution is 7.19. The van der Waals surface area contributed by atoms with E-state index in [2.05, 4.69) is 27.4 Å². The van der Waals surface area contributed by atoms with E-state index in [0.29, 0.717) is 47.6 Å². The van der Waals surface area contributed by atoms with Crippen LogP contribution in [-0.2, 0) is 0 Å². The molecule has 0 saturated carbocycles. The van der Waals surface area contributed by atoms with E-state index in [1.54, 1.807) is 29.2 Å². The van der Waals surface area contributed by atoms with Crippen LogP contribution >= 0.6 is 11.3 Å². The number of benzene rings is 1. The van der Waals surface area contributed by atoms with Crippen molar-refractivity contribution in [3.05, 3.63) is 53.3 Å². The summed E-state index contributed by atoms with van der Waals surface area (Å²) in [6.07, 6.45) is 1.08. The van der Waals surface area contributed by atoms with Gasteiger partial charge in [0.05, 0.1) is 33.7 Å². The average Bonchev–Trinajstić information content (AvgIpc) is 3.31. The monoisotopic (exact) mass is 462 g/mol. The summed E-state index contributed by atoms with van der Waals surface area (Å²) in [6, 6.07) is 13.2. The van der Waals surface area contributed by atoms with Crippen LogP contribution in [0.3, 0.4) is 0 Å². The first-order chi connectivity index (χ1) is 18.2. The Morgan fingerprint density at radius 1 is 1.15 bits per heavy atom. The van der Waals surface area contributed by atoms with Gasteiger partial charge >= 0.3 is 6.03 Å². The maximum atomic E-state index is 13.0. The Kier molecular flexibility index (Phi) is 4.36. The fourth-order valence-corrected chi connectivity index (χ4v) is 4.61. The highest BCUT2D eigenvalue weighted by atomic mass is 32.1. The molecule has 0 bridgehead atoms. The van der Waals surface area contributed by atoms with E-state index < -0.39 is 25.1 Å². The van der Waals surface area contributed by atoms with Gasteiger partial charge in [0, 0.05) is 38.3 Å². The molecule has 3 heterocycles. The Morgan fingerprint density at radius 3 is 2.52 bits per heavy atom. The number of urea groups is 1. The number of amides is 2. The predicted octanol–water partition coefficient (Wildman–Crippen LogP) is 5.52. The molecule has 1 N–H and O–H groups in total. The number of carbonyl (C=O) groups is 1. The minimum Gasteiger partial charge on any atom is -0.324 e. The van der Waals surface area contributed by atoms with E-state index in [-0.39, 0.29) is 22.1 Å². The van der Waals surface area contributed by atoms with Gasteiger partial charge in [0.2, 0.25) is 0 Å². The lowest BCUT2D eigenvalue weighted by molar-refractivity contribution is 0.166. The smallest absolute Gasteiger partial charge is 0.323 e. The molecule has 0 spiro atoms. The van der Waals surface area contributed by atoms with Gasteiger partial charge < -0.3 is 4.90 Å². The SMILES string of the molecule is [2H]C([2H])([2H])c1cc(-c2sc(NC(=O)N3CCC(C)(C#N)CC3)nc2-c2cccc(C#N)c2)cc(C([2H])([2H])[2H])n1. The molecule has 3 aromatic rings. The molecule has 0 radical (unpaired) electrons. The summed E-state index contributed by atoms with van der Waals surface area (Å²) in [5, 5.41) is 21.7. The summed E-state index contributed by atoms with van der Waals surface area (Å²) >= 11 is 1.06. The molecule has 1 fully saturated rings. The van der Waals surface area contributed by atoms with E-state index in [1.165, 1.54) is 12.1 Å². The molecule has 0 aliphatic carbocycles. The standard InChI is InChI=1S/C25H24N6OS/c1-16-11-20(12-17(2)28-16)22-21(19-6-4-5-18(13-19)14-26)29-23(33-22)30-24(32)31-9-7-25(3,15-27)8-10-31/h4-6,11-13H,7-10H2,1-3H3,(H,29,30,32)/i1D3,2D3. The second kappa shape index (κ2) is 9.01. The quantitative estimate of drug-likeness (QED) is 0.552. The topological polar surface area (TPSA) is 106 Å². The summed E-state index contributed by atoms with van der Waals surface area (Å²) in [5.74, 6) is 0. The van der Waals surface area contributed by atoms with Crippen molar-refractivity contribution in [3.8, 4) is 33.8 Å². The molecular formula is C25H24N6OS. The lowest BCUT2D eigenvalue weighted by Gasteiger charge is -2.34. The molecule has 0 atom stereocenters. The van der Waals surface area contributed by atoms with Crippen molar-refractivity contribution in [1.82, 2.24) is 14.9 Å². The van der Waals surface area contributed by atoms with E-state index in [1.807, 2.05) is 6.92 Å². The van der Waals surface area contributed by atoms with Crippen LogP contribution in [0.2, 0.25) is 0 Å². The van der Waals surface area contributed by atoms with Gasteiger partial charge in [0.1, 0.15) is 0 Å². The zero-order valence-corrected chi connectivity index (χ0v) is 18.7. The van der Waals surface area contributed by atoms with Gasteiger partial charge in [-0.05, 0) is 63.3 Å². The number of rotatable bonds is 3. The lowest BCUT2D eigenvalue weighted by atomic mass is 9.82. The van der Waals surface area contributed by atoms with Crippen LogP contribution in [0.4, 0.5) is 9.93 Å². The Balaban J connectivity index is 1.79. The minimum absolute atomic E-state index is 0.212. The van der Waals surface area contributed by atoms with Crippen molar-refractivity contribution in [2.24, 2.45) is 5.41 Å². The fraction of sp³-hybridized carbons (Fsp3) is 0.320. The van der Waals surface area contributed by atoms with Crippen LogP contribution in [0.1, 0.15) is 44.9 Å². The molecule has 4 rings (SSSR count). The normalized spacial score (nSPS) is 18.3. The van der Waals surface area contributed by atoms with Gasteiger partial charge in [-0.1, -0.05) is 23.5 Å². The highest BCUT2D eigenvalue weighted by Gasteiger charge is 2.32.